The van der Waals surface area contributed by atoms with Crippen LogP contribution in [-0.4, -0.2) is 28.2 Å². The second-order valence-electron chi connectivity index (χ2n) is 4.70. The highest BCUT2D eigenvalue weighted by Crippen LogP contribution is 2.36. The summed E-state index contributed by atoms with van der Waals surface area (Å²) in [5, 5.41) is 0. The molecule has 4 rings (SSSR count). The van der Waals surface area contributed by atoms with Gasteiger partial charge < -0.3 is 14.5 Å². The van der Waals surface area contributed by atoms with Gasteiger partial charge in [-0.3, -0.25) is 4.98 Å². The Labute approximate surface area is 121 Å². The molecule has 1 aliphatic rings. The predicted octanol–water partition coefficient (Wildman–Crippen LogP) is 2.91. The molecule has 2 aromatic heterocycles. The summed E-state index contributed by atoms with van der Waals surface area (Å²) >= 11 is 0. The summed E-state index contributed by atoms with van der Waals surface area (Å²) in [7, 11) is 0. The fourth-order valence-corrected chi connectivity index (χ4v) is 2.41. The molecule has 0 spiro atoms. The first-order valence-corrected chi connectivity index (χ1v) is 6.76. The van der Waals surface area contributed by atoms with Crippen molar-refractivity contribution in [3.8, 4) is 34.1 Å². The van der Waals surface area contributed by atoms with Gasteiger partial charge in [0.1, 0.15) is 13.2 Å². The Morgan fingerprint density at radius 3 is 2.71 bits per heavy atom. The van der Waals surface area contributed by atoms with Crippen LogP contribution in [0.1, 0.15) is 0 Å². The Hall–Kier alpha value is -2.82. The number of rotatable bonds is 2. The highest BCUT2D eigenvalue weighted by Gasteiger charge is 2.16. The molecule has 1 aliphatic heterocycles. The standard InChI is InChI=1S/C16H13N3O2/c1-2-6-17-12(3-1)16-15(18-10-19-16)11-4-5-13-14(9-11)21-8-7-20-13/h1-6,9-10H,7-8H2,(H,18,19). The summed E-state index contributed by atoms with van der Waals surface area (Å²) in [5.74, 6) is 1.54. The predicted molar refractivity (Wildman–Crippen MR) is 78.2 cm³/mol. The number of benzene rings is 1. The van der Waals surface area contributed by atoms with E-state index in [2.05, 4.69) is 15.0 Å². The summed E-state index contributed by atoms with van der Waals surface area (Å²) in [5.41, 5.74) is 3.58. The molecule has 0 saturated carbocycles. The molecule has 1 aromatic carbocycles. The zero-order valence-electron chi connectivity index (χ0n) is 11.2. The molecule has 0 radical (unpaired) electrons. The van der Waals surface area contributed by atoms with Crippen molar-refractivity contribution < 1.29 is 9.47 Å². The first kappa shape index (κ1) is 12.0. The van der Waals surface area contributed by atoms with Gasteiger partial charge in [-0.15, -0.1) is 0 Å². The van der Waals surface area contributed by atoms with E-state index in [4.69, 9.17) is 9.47 Å². The minimum absolute atomic E-state index is 0.574. The van der Waals surface area contributed by atoms with Crippen LogP contribution in [0.5, 0.6) is 11.5 Å². The molecule has 5 heteroatoms. The van der Waals surface area contributed by atoms with Crippen molar-refractivity contribution >= 4 is 0 Å². The highest BCUT2D eigenvalue weighted by molar-refractivity contribution is 5.77. The van der Waals surface area contributed by atoms with Crippen molar-refractivity contribution in [3.05, 3.63) is 48.9 Å². The molecular formula is C16H13N3O2. The summed E-state index contributed by atoms with van der Waals surface area (Å²) < 4.78 is 11.2. The van der Waals surface area contributed by atoms with E-state index >= 15 is 0 Å². The molecule has 0 aliphatic carbocycles. The van der Waals surface area contributed by atoms with Crippen molar-refractivity contribution in [2.24, 2.45) is 0 Å². The normalized spacial score (nSPS) is 13.1. The van der Waals surface area contributed by atoms with Gasteiger partial charge in [0, 0.05) is 11.8 Å². The van der Waals surface area contributed by atoms with Crippen LogP contribution >= 0.6 is 0 Å². The molecule has 21 heavy (non-hydrogen) atoms. The van der Waals surface area contributed by atoms with Crippen molar-refractivity contribution in [2.45, 2.75) is 0 Å². The van der Waals surface area contributed by atoms with Gasteiger partial charge in [0.2, 0.25) is 0 Å². The first-order chi connectivity index (χ1) is 10.4. The smallest absolute Gasteiger partial charge is 0.162 e. The number of hydrogen-bond acceptors (Lipinski definition) is 4. The summed E-state index contributed by atoms with van der Waals surface area (Å²) in [6.45, 7) is 1.16. The van der Waals surface area contributed by atoms with Crippen LogP contribution in [-0.2, 0) is 0 Å². The third-order valence-corrected chi connectivity index (χ3v) is 3.38. The monoisotopic (exact) mass is 279 g/mol. The second-order valence-corrected chi connectivity index (χ2v) is 4.70. The maximum Gasteiger partial charge on any atom is 0.162 e. The van der Waals surface area contributed by atoms with Gasteiger partial charge in [-0.2, -0.15) is 0 Å². The van der Waals surface area contributed by atoms with E-state index in [0.717, 1.165) is 34.1 Å². The van der Waals surface area contributed by atoms with Gasteiger partial charge in [-0.1, -0.05) is 6.07 Å². The lowest BCUT2D eigenvalue weighted by Crippen LogP contribution is -2.15. The number of aromatic amines is 1. The molecule has 1 N–H and O–H groups in total. The Kier molecular flexibility index (Phi) is 2.81. The molecule has 0 saturated heterocycles. The number of ether oxygens (including phenoxy) is 2. The number of H-pyrrole nitrogens is 1. The zero-order chi connectivity index (χ0) is 14.1. The van der Waals surface area contributed by atoms with E-state index in [1.807, 2.05) is 36.4 Å². The van der Waals surface area contributed by atoms with Crippen molar-refractivity contribution in [2.75, 3.05) is 13.2 Å². The molecule has 104 valence electrons. The van der Waals surface area contributed by atoms with Crippen LogP contribution in [0, 0.1) is 0 Å². The van der Waals surface area contributed by atoms with E-state index in [1.54, 1.807) is 12.5 Å². The lowest BCUT2D eigenvalue weighted by Gasteiger charge is -2.18. The number of pyridine rings is 1. The van der Waals surface area contributed by atoms with Gasteiger partial charge in [0.25, 0.3) is 0 Å². The first-order valence-electron chi connectivity index (χ1n) is 6.76. The SMILES string of the molecule is c1ccc(-c2[nH]cnc2-c2ccc3c(c2)OCCO3)nc1. The maximum absolute atomic E-state index is 5.63. The maximum atomic E-state index is 5.63. The molecule has 3 aromatic rings. The van der Waals surface area contributed by atoms with Crippen molar-refractivity contribution in [1.82, 2.24) is 15.0 Å². The van der Waals surface area contributed by atoms with Gasteiger partial charge in [-0.05, 0) is 30.3 Å². The molecule has 5 nitrogen and oxygen atoms in total. The third kappa shape index (κ3) is 2.12. The lowest BCUT2D eigenvalue weighted by molar-refractivity contribution is 0.171. The molecular weight excluding hydrogens is 266 g/mol. The summed E-state index contributed by atoms with van der Waals surface area (Å²) in [4.78, 5) is 11.9. The van der Waals surface area contributed by atoms with E-state index < -0.39 is 0 Å². The van der Waals surface area contributed by atoms with Crippen LogP contribution < -0.4 is 9.47 Å². The minimum atomic E-state index is 0.574. The molecule has 0 unspecified atom stereocenters. The van der Waals surface area contributed by atoms with E-state index in [1.165, 1.54) is 0 Å². The highest BCUT2D eigenvalue weighted by atomic mass is 16.6. The van der Waals surface area contributed by atoms with Crippen LogP contribution in [0.2, 0.25) is 0 Å². The fraction of sp³-hybridized carbons (Fsp3) is 0.125. The summed E-state index contributed by atoms with van der Waals surface area (Å²) in [6.07, 6.45) is 3.44. The van der Waals surface area contributed by atoms with Crippen LogP contribution in [0.4, 0.5) is 0 Å². The molecule has 0 amide bonds. The Balaban J connectivity index is 1.80. The Morgan fingerprint density at radius 1 is 0.952 bits per heavy atom. The zero-order valence-corrected chi connectivity index (χ0v) is 11.2. The fourth-order valence-electron chi connectivity index (χ4n) is 2.41. The van der Waals surface area contributed by atoms with Crippen LogP contribution in [0.25, 0.3) is 22.6 Å². The topological polar surface area (TPSA) is 60.0 Å². The number of hydrogen-bond donors (Lipinski definition) is 1. The molecule has 0 bridgehead atoms. The van der Waals surface area contributed by atoms with Crippen LogP contribution in [0.15, 0.2) is 48.9 Å². The average molecular weight is 279 g/mol. The van der Waals surface area contributed by atoms with Gasteiger partial charge in [0.05, 0.1) is 23.4 Å². The second kappa shape index (κ2) is 4.94. The third-order valence-electron chi connectivity index (χ3n) is 3.38. The van der Waals surface area contributed by atoms with E-state index in [-0.39, 0.29) is 0 Å². The van der Waals surface area contributed by atoms with Crippen molar-refractivity contribution in [3.63, 3.8) is 0 Å². The average Bonchev–Trinajstić information content (AvgIpc) is 3.05. The molecule has 0 fully saturated rings. The Morgan fingerprint density at radius 2 is 1.86 bits per heavy atom. The largest absolute Gasteiger partial charge is 0.486 e. The van der Waals surface area contributed by atoms with E-state index in [9.17, 15) is 0 Å². The van der Waals surface area contributed by atoms with Gasteiger partial charge in [-0.25, -0.2) is 4.98 Å². The van der Waals surface area contributed by atoms with Gasteiger partial charge >= 0.3 is 0 Å². The van der Waals surface area contributed by atoms with Crippen LogP contribution in [0.3, 0.4) is 0 Å². The summed E-state index contributed by atoms with van der Waals surface area (Å²) in [6, 6.07) is 11.7. The molecule has 3 heterocycles. The number of aromatic nitrogens is 3. The Bertz CT molecular complexity index is 768. The minimum Gasteiger partial charge on any atom is -0.486 e. The molecule has 0 atom stereocenters. The van der Waals surface area contributed by atoms with Gasteiger partial charge in [0.15, 0.2) is 11.5 Å². The quantitative estimate of drug-likeness (QED) is 0.783. The lowest BCUT2D eigenvalue weighted by atomic mass is 10.1. The number of imidazole rings is 1. The number of fused-ring (bicyclic) bond motifs is 1. The van der Waals surface area contributed by atoms with E-state index in [0.29, 0.717) is 13.2 Å². The van der Waals surface area contributed by atoms with Crippen molar-refractivity contribution in [1.29, 1.82) is 0 Å². The number of nitrogens with zero attached hydrogens (tertiary/aromatic N) is 2. The number of nitrogens with one attached hydrogen (secondary N) is 1.